The van der Waals surface area contributed by atoms with E-state index in [1.807, 2.05) is 0 Å². The number of hydrogen-bond acceptors (Lipinski definition) is 4. The fourth-order valence-electron chi connectivity index (χ4n) is 2.19. The van der Waals surface area contributed by atoms with Gasteiger partial charge in [-0.2, -0.15) is 0 Å². The third-order valence-corrected chi connectivity index (χ3v) is 5.80. The molecule has 0 amide bonds. The molecule has 0 bridgehead atoms. The molecule has 25 heavy (non-hydrogen) atoms. The van der Waals surface area contributed by atoms with Gasteiger partial charge in [0.2, 0.25) is 10.0 Å². The molecule has 0 spiro atoms. The summed E-state index contributed by atoms with van der Waals surface area (Å²) in [7, 11) is -1.49. The molecular weight excluding hydrogens is 392 g/mol. The molecule has 0 radical (unpaired) electrons. The van der Waals surface area contributed by atoms with Gasteiger partial charge in [-0.3, -0.25) is 0 Å². The highest BCUT2D eigenvalue weighted by atomic mass is 35.5. The summed E-state index contributed by atoms with van der Waals surface area (Å²) in [5, 5.41) is 0.647. The molecule has 0 fully saturated rings. The largest absolute Gasteiger partial charge is 0.493 e. The van der Waals surface area contributed by atoms with Crippen molar-refractivity contribution in [1.82, 2.24) is 4.72 Å². The second-order valence-corrected chi connectivity index (χ2v) is 7.65. The van der Waals surface area contributed by atoms with E-state index in [-0.39, 0.29) is 11.5 Å². The van der Waals surface area contributed by atoms with E-state index in [1.54, 1.807) is 25.1 Å². The van der Waals surface area contributed by atoms with E-state index in [0.29, 0.717) is 15.6 Å². The van der Waals surface area contributed by atoms with Crippen LogP contribution in [0.2, 0.25) is 10.0 Å². The maximum absolute atomic E-state index is 14.2. The molecular formula is C16H16Cl2FNO4S. The molecule has 1 atom stereocenters. The Kier molecular flexibility index (Phi) is 6.16. The van der Waals surface area contributed by atoms with E-state index < -0.39 is 26.8 Å². The highest BCUT2D eigenvalue weighted by molar-refractivity contribution is 7.89. The van der Waals surface area contributed by atoms with Crippen molar-refractivity contribution in [3.05, 3.63) is 51.8 Å². The number of nitrogens with one attached hydrogen (secondary N) is 1. The standard InChI is InChI=1S/C16H16Cl2FNO4S/c1-9(10-4-5-11(17)12(18)6-10)20-25(21,22)16-8-15(24-3)14(23-2)7-13(16)19/h4-9,20H,1-3H3. The molecule has 1 N–H and O–H groups in total. The molecule has 0 aliphatic rings. The van der Waals surface area contributed by atoms with Crippen LogP contribution < -0.4 is 14.2 Å². The zero-order chi connectivity index (χ0) is 18.8. The van der Waals surface area contributed by atoms with Gasteiger partial charge in [0.25, 0.3) is 0 Å². The summed E-state index contributed by atoms with van der Waals surface area (Å²) in [4.78, 5) is -0.544. The zero-order valence-corrected chi connectivity index (χ0v) is 16.0. The summed E-state index contributed by atoms with van der Waals surface area (Å²) >= 11 is 11.8. The molecule has 0 aromatic heterocycles. The first kappa shape index (κ1) is 19.8. The van der Waals surface area contributed by atoms with Crippen LogP contribution in [0.3, 0.4) is 0 Å². The quantitative estimate of drug-likeness (QED) is 0.779. The lowest BCUT2D eigenvalue weighted by molar-refractivity contribution is 0.350. The van der Waals surface area contributed by atoms with E-state index in [2.05, 4.69) is 4.72 Å². The smallest absolute Gasteiger partial charge is 0.244 e. The van der Waals surface area contributed by atoms with Gasteiger partial charge in [0, 0.05) is 18.2 Å². The van der Waals surface area contributed by atoms with Crippen molar-refractivity contribution < 1.29 is 22.3 Å². The summed E-state index contributed by atoms with van der Waals surface area (Å²) in [6.45, 7) is 1.61. The molecule has 2 rings (SSSR count). The van der Waals surface area contributed by atoms with Crippen LogP contribution in [0, 0.1) is 5.82 Å². The topological polar surface area (TPSA) is 64.6 Å². The summed E-state index contributed by atoms with van der Waals surface area (Å²) in [5.74, 6) is -0.755. The summed E-state index contributed by atoms with van der Waals surface area (Å²) in [6, 6.07) is 6.09. The Bertz CT molecular complexity index is 890. The van der Waals surface area contributed by atoms with Gasteiger partial charge in [0.15, 0.2) is 11.5 Å². The molecule has 1 unspecified atom stereocenters. The van der Waals surface area contributed by atoms with Gasteiger partial charge in [-0.05, 0) is 24.6 Å². The van der Waals surface area contributed by atoms with Crippen molar-refractivity contribution in [1.29, 1.82) is 0 Å². The zero-order valence-electron chi connectivity index (χ0n) is 13.6. The van der Waals surface area contributed by atoms with Crippen molar-refractivity contribution in [2.24, 2.45) is 0 Å². The number of benzene rings is 2. The lowest BCUT2D eigenvalue weighted by Crippen LogP contribution is -2.27. The number of sulfonamides is 1. The van der Waals surface area contributed by atoms with Crippen LogP contribution in [0.5, 0.6) is 11.5 Å². The van der Waals surface area contributed by atoms with Crippen LogP contribution in [0.1, 0.15) is 18.5 Å². The minimum absolute atomic E-state index is 0.0940. The Morgan fingerprint density at radius 3 is 2.20 bits per heavy atom. The van der Waals surface area contributed by atoms with Crippen LogP contribution >= 0.6 is 23.2 Å². The predicted octanol–water partition coefficient (Wildman–Crippen LogP) is 4.19. The minimum Gasteiger partial charge on any atom is -0.493 e. The molecule has 0 saturated carbocycles. The van der Waals surface area contributed by atoms with Gasteiger partial charge in [-0.1, -0.05) is 29.3 Å². The second-order valence-electron chi connectivity index (χ2n) is 5.15. The van der Waals surface area contributed by atoms with Crippen molar-refractivity contribution in [2.45, 2.75) is 17.9 Å². The summed E-state index contributed by atoms with van der Waals surface area (Å²) < 4.78 is 51.7. The SMILES string of the molecule is COc1cc(F)c(S(=O)(=O)NC(C)c2ccc(Cl)c(Cl)c2)cc1OC. The van der Waals surface area contributed by atoms with Gasteiger partial charge < -0.3 is 9.47 Å². The minimum atomic E-state index is -4.16. The number of halogens is 3. The molecule has 0 aliphatic heterocycles. The highest BCUT2D eigenvalue weighted by Crippen LogP contribution is 2.33. The lowest BCUT2D eigenvalue weighted by Gasteiger charge is -2.17. The Morgan fingerprint density at radius 2 is 1.64 bits per heavy atom. The van der Waals surface area contributed by atoms with E-state index in [4.69, 9.17) is 32.7 Å². The van der Waals surface area contributed by atoms with Gasteiger partial charge in [-0.15, -0.1) is 0 Å². The monoisotopic (exact) mass is 407 g/mol. The van der Waals surface area contributed by atoms with Gasteiger partial charge in [0.1, 0.15) is 10.7 Å². The van der Waals surface area contributed by atoms with E-state index in [1.165, 1.54) is 14.2 Å². The second kappa shape index (κ2) is 7.78. The van der Waals surface area contributed by atoms with Crippen molar-refractivity contribution in [2.75, 3.05) is 14.2 Å². The van der Waals surface area contributed by atoms with Crippen LogP contribution in [0.15, 0.2) is 35.2 Å². The highest BCUT2D eigenvalue weighted by Gasteiger charge is 2.25. The number of rotatable bonds is 6. The molecule has 2 aromatic carbocycles. The van der Waals surface area contributed by atoms with E-state index in [9.17, 15) is 12.8 Å². The average Bonchev–Trinajstić information content (AvgIpc) is 2.56. The first-order chi connectivity index (χ1) is 11.7. The van der Waals surface area contributed by atoms with E-state index >= 15 is 0 Å². The molecule has 136 valence electrons. The van der Waals surface area contributed by atoms with Gasteiger partial charge >= 0.3 is 0 Å². The fourth-order valence-corrected chi connectivity index (χ4v) is 3.80. The van der Waals surface area contributed by atoms with Gasteiger partial charge in [0.05, 0.1) is 24.3 Å². The van der Waals surface area contributed by atoms with Crippen molar-refractivity contribution in [3.63, 3.8) is 0 Å². The first-order valence-electron chi connectivity index (χ1n) is 7.08. The molecule has 0 aliphatic carbocycles. The predicted molar refractivity (Wildman–Crippen MR) is 94.7 cm³/mol. The molecule has 0 heterocycles. The lowest BCUT2D eigenvalue weighted by atomic mass is 10.1. The Morgan fingerprint density at radius 1 is 1.04 bits per heavy atom. The maximum atomic E-state index is 14.2. The third kappa shape index (κ3) is 4.36. The Balaban J connectivity index is 2.37. The first-order valence-corrected chi connectivity index (χ1v) is 9.32. The number of hydrogen-bond donors (Lipinski definition) is 1. The van der Waals surface area contributed by atoms with E-state index in [0.717, 1.165) is 12.1 Å². The third-order valence-electron chi connectivity index (χ3n) is 3.50. The molecule has 9 heteroatoms. The van der Waals surface area contributed by atoms with Crippen molar-refractivity contribution >= 4 is 33.2 Å². The molecule has 0 saturated heterocycles. The molecule has 5 nitrogen and oxygen atoms in total. The Labute approximate surface area is 155 Å². The molecule has 2 aromatic rings. The van der Waals surface area contributed by atoms with Crippen molar-refractivity contribution in [3.8, 4) is 11.5 Å². The normalized spacial score (nSPS) is 12.7. The summed E-state index contributed by atoms with van der Waals surface area (Å²) in [5.41, 5.74) is 0.582. The van der Waals surface area contributed by atoms with Gasteiger partial charge in [-0.25, -0.2) is 17.5 Å². The van der Waals surface area contributed by atoms with Crippen LogP contribution in [-0.4, -0.2) is 22.6 Å². The Hall–Kier alpha value is -1.54. The average molecular weight is 408 g/mol. The fraction of sp³-hybridized carbons (Fsp3) is 0.250. The van der Waals surface area contributed by atoms with Crippen LogP contribution in [0.4, 0.5) is 4.39 Å². The number of ether oxygens (including phenoxy) is 2. The number of methoxy groups -OCH3 is 2. The van der Waals surface area contributed by atoms with Crippen LogP contribution in [-0.2, 0) is 10.0 Å². The maximum Gasteiger partial charge on any atom is 0.244 e. The summed E-state index contributed by atoms with van der Waals surface area (Å²) in [6.07, 6.45) is 0. The van der Waals surface area contributed by atoms with Crippen LogP contribution in [0.25, 0.3) is 0 Å².